The maximum atomic E-state index is 12.4. The Hall–Kier alpha value is -3.44. The molecule has 0 aliphatic rings. The van der Waals surface area contributed by atoms with Gasteiger partial charge in [-0.3, -0.25) is 14.4 Å². The maximum absolute atomic E-state index is 12.4. The molecule has 31 heavy (non-hydrogen) atoms. The highest BCUT2D eigenvalue weighted by atomic mass is 16.4. The van der Waals surface area contributed by atoms with E-state index in [1.54, 1.807) is 6.20 Å². The Morgan fingerprint density at radius 3 is 2.42 bits per heavy atom. The molecular formula is C20H27N5O6. The van der Waals surface area contributed by atoms with Gasteiger partial charge in [0, 0.05) is 23.5 Å². The predicted molar refractivity (Wildman–Crippen MR) is 112 cm³/mol. The fraction of sp³-hybridized carbons (Fsp3) is 0.400. The van der Waals surface area contributed by atoms with Crippen molar-refractivity contribution in [2.24, 2.45) is 5.73 Å². The number of hydrogen-bond acceptors (Lipinski definition) is 6. The predicted octanol–water partition coefficient (Wildman–Crippen LogP) is -1.39. The van der Waals surface area contributed by atoms with Gasteiger partial charge in [0.2, 0.25) is 17.7 Å². The molecule has 0 bridgehead atoms. The monoisotopic (exact) mass is 433 g/mol. The van der Waals surface area contributed by atoms with Crippen LogP contribution in [0.5, 0.6) is 0 Å². The third kappa shape index (κ3) is 6.52. The number of aliphatic hydroxyl groups is 1. The van der Waals surface area contributed by atoms with Gasteiger partial charge in [0.1, 0.15) is 18.1 Å². The van der Waals surface area contributed by atoms with Crippen molar-refractivity contribution in [3.63, 3.8) is 0 Å². The first-order valence-corrected chi connectivity index (χ1v) is 9.69. The number of carbonyl (C=O) groups excluding carboxylic acids is 3. The lowest BCUT2D eigenvalue weighted by Crippen LogP contribution is -2.53. The number of aromatic amines is 1. The largest absolute Gasteiger partial charge is 0.480 e. The van der Waals surface area contributed by atoms with Gasteiger partial charge in [0.25, 0.3) is 0 Å². The molecule has 11 heteroatoms. The van der Waals surface area contributed by atoms with Gasteiger partial charge in [-0.25, -0.2) is 4.79 Å². The molecule has 3 amide bonds. The van der Waals surface area contributed by atoms with Crippen molar-refractivity contribution in [1.82, 2.24) is 20.9 Å². The molecule has 1 aromatic heterocycles. The number of carboxylic acid groups (broad SMARTS) is 1. The lowest BCUT2D eigenvalue weighted by Gasteiger charge is -2.19. The van der Waals surface area contributed by atoms with Gasteiger partial charge in [0.15, 0.2) is 0 Å². The SMILES string of the molecule is CC(NC(=O)CNC(=O)C(N)C(C)O)C(=O)NC(Cc1c[nH]c2ccccc12)C(=O)O. The minimum Gasteiger partial charge on any atom is -0.480 e. The third-order valence-electron chi connectivity index (χ3n) is 4.73. The second kappa shape index (κ2) is 10.5. The zero-order valence-electron chi connectivity index (χ0n) is 17.2. The summed E-state index contributed by atoms with van der Waals surface area (Å²) in [4.78, 5) is 50.7. The summed E-state index contributed by atoms with van der Waals surface area (Å²) in [5, 5.41) is 26.7. The summed E-state index contributed by atoms with van der Waals surface area (Å²) in [6, 6.07) is 3.96. The number of aliphatic carboxylic acids is 1. The average molecular weight is 433 g/mol. The zero-order chi connectivity index (χ0) is 23.1. The fourth-order valence-corrected chi connectivity index (χ4v) is 2.88. The highest BCUT2D eigenvalue weighted by molar-refractivity contribution is 5.92. The van der Waals surface area contributed by atoms with E-state index in [4.69, 9.17) is 5.73 Å². The normalized spacial score (nSPS) is 14.8. The van der Waals surface area contributed by atoms with Crippen molar-refractivity contribution in [2.45, 2.75) is 44.5 Å². The molecule has 0 fully saturated rings. The van der Waals surface area contributed by atoms with E-state index in [1.165, 1.54) is 13.8 Å². The number of nitrogens with one attached hydrogen (secondary N) is 4. The summed E-state index contributed by atoms with van der Waals surface area (Å²) < 4.78 is 0. The smallest absolute Gasteiger partial charge is 0.326 e. The number of hydrogen-bond donors (Lipinski definition) is 7. The zero-order valence-corrected chi connectivity index (χ0v) is 17.2. The number of carboxylic acids is 1. The van der Waals surface area contributed by atoms with E-state index < -0.39 is 54.5 Å². The molecule has 0 aliphatic carbocycles. The van der Waals surface area contributed by atoms with Gasteiger partial charge < -0.3 is 36.9 Å². The van der Waals surface area contributed by atoms with Crippen LogP contribution in [0.15, 0.2) is 30.5 Å². The van der Waals surface area contributed by atoms with Crippen LogP contribution in [0.25, 0.3) is 10.9 Å². The van der Waals surface area contributed by atoms with Crippen molar-refractivity contribution in [3.8, 4) is 0 Å². The van der Waals surface area contributed by atoms with E-state index in [-0.39, 0.29) is 6.42 Å². The van der Waals surface area contributed by atoms with Crippen molar-refractivity contribution >= 4 is 34.6 Å². The Morgan fingerprint density at radius 2 is 1.77 bits per heavy atom. The summed E-state index contributed by atoms with van der Waals surface area (Å²) in [7, 11) is 0. The first-order valence-electron chi connectivity index (χ1n) is 9.69. The molecule has 0 saturated heterocycles. The number of para-hydroxylation sites is 1. The van der Waals surface area contributed by atoms with Crippen molar-refractivity contribution in [2.75, 3.05) is 6.54 Å². The van der Waals surface area contributed by atoms with E-state index in [1.807, 2.05) is 24.3 Å². The number of amides is 3. The number of fused-ring (bicyclic) bond motifs is 1. The first kappa shape index (κ1) is 23.8. The number of rotatable bonds is 10. The molecule has 8 N–H and O–H groups in total. The molecule has 4 unspecified atom stereocenters. The summed E-state index contributed by atoms with van der Waals surface area (Å²) in [6.07, 6.45) is 0.662. The Morgan fingerprint density at radius 1 is 1.10 bits per heavy atom. The van der Waals surface area contributed by atoms with Crippen molar-refractivity contribution in [1.29, 1.82) is 0 Å². The Labute approximate surface area is 178 Å². The molecule has 2 rings (SSSR count). The number of aliphatic hydroxyl groups excluding tert-OH is 1. The van der Waals surface area contributed by atoms with Gasteiger partial charge >= 0.3 is 5.97 Å². The molecule has 0 spiro atoms. The molecule has 0 radical (unpaired) electrons. The van der Waals surface area contributed by atoms with Crippen LogP contribution in [0.4, 0.5) is 0 Å². The maximum Gasteiger partial charge on any atom is 0.326 e. The van der Waals surface area contributed by atoms with E-state index >= 15 is 0 Å². The molecule has 4 atom stereocenters. The third-order valence-corrected chi connectivity index (χ3v) is 4.73. The van der Waals surface area contributed by atoms with Crippen LogP contribution >= 0.6 is 0 Å². The minimum absolute atomic E-state index is 0.0546. The first-order chi connectivity index (χ1) is 14.6. The summed E-state index contributed by atoms with van der Waals surface area (Å²) in [5.74, 6) is -3.28. The number of benzene rings is 1. The summed E-state index contributed by atoms with van der Waals surface area (Å²) in [6.45, 7) is 2.28. The topological polar surface area (TPSA) is 187 Å². The number of carbonyl (C=O) groups is 4. The molecule has 0 saturated carbocycles. The Balaban J connectivity index is 1.91. The van der Waals surface area contributed by atoms with E-state index in [2.05, 4.69) is 20.9 Å². The molecule has 1 aromatic carbocycles. The van der Waals surface area contributed by atoms with Gasteiger partial charge in [-0.15, -0.1) is 0 Å². The van der Waals surface area contributed by atoms with Gasteiger partial charge in [-0.1, -0.05) is 18.2 Å². The summed E-state index contributed by atoms with van der Waals surface area (Å²) in [5.41, 5.74) is 7.04. The van der Waals surface area contributed by atoms with E-state index in [0.29, 0.717) is 0 Å². The second-order valence-corrected chi connectivity index (χ2v) is 7.24. The van der Waals surface area contributed by atoms with Crippen molar-refractivity contribution < 1.29 is 29.4 Å². The molecule has 168 valence electrons. The number of H-pyrrole nitrogens is 1. The fourth-order valence-electron chi connectivity index (χ4n) is 2.88. The molecule has 1 heterocycles. The van der Waals surface area contributed by atoms with Crippen LogP contribution < -0.4 is 21.7 Å². The summed E-state index contributed by atoms with van der Waals surface area (Å²) >= 11 is 0. The van der Waals surface area contributed by atoms with Gasteiger partial charge in [-0.2, -0.15) is 0 Å². The number of aromatic nitrogens is 1. The van der Waals surface area contributed by atoms with Crippen LogP contribution in [-0.2, 0) is 25.6 Å². The standard InChI is InChI=1S/C20H27N5O6/c1-10(24-16(27)9-23-19(29)17(21)11(2)26)18(28)25-15(20(30)31)7-12-8-22-14-6-4-3-5-13(12)14/h3-6,8,10-11,15,17,22,26H,7,9,21H2,1-2H3,(H,23,29)(H,24,27)(H,25,28)(H,30,31). The van der Waals surface area contributed by atoms with Crippen LogP contribution in [-0.4, -0.2) is 69.7 Å². The van der Waals surface area contributed by atoms with E-state index in [0.717, 1.165) is 16.5 Å². The highest BCUT2D eigenvalue weighted by Crippen LogP contribution is 2.19. The average Bonchev–Trinajstić information content (AvgIpc) is 3.13. The Kier molecular flexibility index (Phi) is 8.11. The highest BCUT2D eigenvalue weighted by Gasteiger charge is 2.25. The van der Waals surface area contributed by atoms with Gasteiger partial charge in [-0.05, 0) is 25.5 Å². The minimum atomic E-state index is -1.21. The second-order valence-electron chi connectivity index (χ2n) is 7.24. The molecular weight excluding hydrogens is 406 g/mol. The van der Waals surface area contributed by atoms with Crippen LogP contribution in [0.2, 0.25) is 0 Å². The Bertz CT molecular complexity index is 956. The quantitative estimate of drug-likeness (QED) is 0.240. The molecule has 2 aromatic rings. The van der Waals surface area contributed by atoms with Gasteiger partial charge in [0.05, 0.1) is 12.6 Å². The van der Waals surface area contributed by atoms with Crippen LogP contribution in [0, 0.1) is 0 Å². The van der Waals surface area contributed by atoms with Crippen LogP contribution in [0.3, 0.4) is 0 Å². The lowest BCUT2D eigenvalue weighted by atomic mass is 10.0. The van der Waals surface area contributed by atoms with Crippen LogP contribution in [0.1, 0.15) is 19.4 Å². The van der Waals surface area contributed by atoms with Crippen molar-refractivity contribution in [3.05, 3.63) is 36.0 Å². The van der Waals surface area contributed by atoms with E-state index in [9.17, 15) is 29.4 Å². The lowest BCUT2D eigenvalue weighted by molar-refractivity contribution is -0.142. The molecule has 11 nitrogen and oxygen atoms in total. The molecule has 0 aliphatic heterocycles. The number of nitrogens with two attached hydrogens (primary N) is 1.